The van der Waals surface area contributed by atoms with Crippen LogP contribution in [0.25, 0.3) is 0 Å². The van der Waals surface area contributed by atoms with E-state index in [0.29, 0.717) is 19.4 Å². The topological polar surface area (TPSA) is 83.8 Å². The lowest BCUT2D eigenvalue weighted by molar-refractivity contribution is -0.179. The molecule has 3 saturated carbocycles. The average molecular weight is 445 g/mol. The highest BCUT2D eigenvalue weighted by atomic mass is 16.5. The Kier molecular flexibility index (Phi) is 5.88. The van der Waals surface area contributed by atoms with Gasteiger partial charge in [-0.15, -0.1) is 0 Å². The third-order valence-electron chi connectivity index (χ3n) is 9.34. The molecule has 32 heavy (non-hydrogen) atoms. The van der Waals surface area contributed by atoms with Crippen molar-refractivity contribution in [3.63, 3.8) is 0 Å². The van der Waals surface area contributed by atoms with Gasteiger partial charge in [-0.1, -0.05) is 46.3 Å². The number of aliphatic hydroxyl groups excluding tert-OH is 1. The van der Waals surface area contributed by atoms with Crippen LogP contribution in [0.4, 0.5) is 0 Å². The van der Waals surface area contributed by atoms with Crippen LogP contribution < -0.4 is 0 Å². The van der Waals surface area contributed by atoms with Gasteiger partial charge in [0, 0.05) is 23.4 Å². The SMILES string of the molecule is CC(C)(C)CCOCC(=O)[C@@]1(O)CC[C@H]2[C@@H]3CCC4=CC(=O)C=C[C@]4(C)[C@H]3[C@@H](O)C[C@@]21C. The minimum atomic E-state index is -1.46. The van der Waals surface area contributed by atoms with E-state index in [4.69, 9.17) is 4.74 Å². The average Bonchev–Trinajstić information content (AvgIpc) is 2.96. The van der Waals surface area contributed by atoms with E-state index < -0.39 is 17.1 Å². The van der Waals surface area contributed by atoms with Crippen molar-refractivity contribution in [3.8, 4) is 0 Å². The zero-order valence-electron chi connectivity index (χ0n) is 20.3. The number of hydrogen-bond donors (Lipinski definition) is 2. The molecule has 0 amide bonds. The third-order valence-corrected chi connectivity index (χ3v) is 9.34. The maximum Gasteiger partial charge on any atom is 0.190 e. The van der Waals surface area contributed by atoms with E-state index in [1.54, 1.807) is 12.2 Å². The van der Waals surface area contributed by atoms with Gasteiger partial charge in [-0.25, -0.2) is 0 Å². The molecule has 0 spiro atoms. The number of carbonyl (C=O) groups is 2. The maximum absolute atomic E-state index is 13.2. The van der Waals surface area contributed by atoms with E-state index in [1.807, 2.05) is 13.0 Å². The van der Waals surface area contributed by atoms with Crippen LogP contribution >= 0.6 is 0 Å². The molecule has 3 fully saturated rings. The van der Waals surface area contributed by atoms with Crippen LogP contribution in [0, 0.1) is 34.0 Å². The van der Waals surface area contributed by atoms with Crippen LogP contribution in [0.2, 0.25) is 0 Å². The van der Waals surface area contributed by atoms with Crippen molar-refractivity contribution in [1.29, 1.82) is 0 Å². The van der Waals surface area contributed by atoms with E-state index in [2.05, 4.69) is 27.7 Å². The lowest BCUT2D eigenvalue weighted by atomic mass is 9.46. The number of allylic oxidation sites excluding steroid dienone is 4. The third kappa shape index (κ3) is 3.65. The van der Waals surface area contributed by atoms with Gasteiger partial charge in [0.1, 0.15) is 12.2 Å². The number of ketones is 2. The number of hydrogen-bond acceptors (Lipinski definition) is 5. The Bertz CT molecular complexity index is 851. The Morgan fingerprint density at radius 2 is 1.97 bits per heavy atom. The summed E-state index contributed by atoms with van der Waals surface area (Å²) >= 11 is 0. The molecule has 4 aliphatic rings. The molecule has 4 aliphatic carbocycles. The number of carbonyl (C=O) groups excluding carboxylic acids is 2. The first-order valence-electron chi connectivity index (χ1n) is 12.3. The number of aliphatic hydroxyl groups is 2. The van der Waals surface area contributed by atoms with E-state index in [1.165, 1.54) is 0 Å². The summed E-state index contributed by atoms with van der Waals surface area (Å²) in [5.41, 5.74) is -1.20. The highest BCUT2D eigenvalue weighted by Crippen LogP contribution is 2.67. The fourth-order valence-corrected chi connectivity index (χ4v) is 7.45. The van der Waals surface area contributed by atoms with E-state index in [0.717, 1.165) is 31.3 Å². The van der Waals surface area contributed by atoms with Crippen LogP contribution in [0.15, 0.2) is 23.8 Å². The largest absolute Gasteiger partial charge is 0.393 e. The molecule has 0 radical (unpaired) electrons. The first-order chi connectivity index (χ1) is 14.8. The maximum atomic E-state index is 13.2. The van der Waals surface area contributed by atoms with Gasteiger partial charge in [0.2, 0.25) is 0 Å². The molecule has 0 bridgehead atoms. The summed E-state index contributed by atoms with van der Waals surface area (Å²) in [5.74, 6) is 0.174. The Labute approximate surface area is 192 Å². The molecular formula is C27H40O5. The van der Waals surface area contributed by atoms with Crippen molar-refractivity contribution in [3.05, 3.63) is 23.8 Å². The van der Waals surface area contributed by atoms with Crippen molar-refractivity contribution in [2.24, 2.45) is 34.0 Å². The van der Waals surface area contributed by atoms with Gasteiger partial charge in [0.05, 0.1) is 6.10 Å². The predicted molar refractivity (Wildman–Crippen MR) is 123 cm³/mol. The summed E-state index contributed by atoms with van der Waals surface area (Å²) in [4.78, 5) is 25.2. The molecular weight excluding hydrogens is 404 g/mol. The van der Waals surface area contributed by atoms with Crippen molar-refractivity contribution < 1.29 is 24.5 Å². The summed E-state index contributed by atoms with van der Waals surface area (Å²) in [6.07, 6.45) is 8.92. The molecule has 0 aliphatic heterocycles. The first kappa shape index (κ1) is 23.8. The van der Waals surface area contributed by atoms with Gasteiger partial charge in [-0.3, -0.25) is 9.59 Å². The molecule has 0 saturated heterocycles. The highest BCUT2D eigenvalue weighted by Gasteiger charge is 2.68. The summed E-state index contributed by atoms with van der Waals surface area (Å²) in [5, 5.41) is 23.1. The van der Waals surface area contributed by atoms with Crippen LogP contribution in [0.1, 0.15) is 73.1 Å². The smallest absolute Gasteiger partial charge is 0.190 e. The summed E-state index contributed by atoms with van der Waals surface area (Å²) in [7, 11) is 0. The van der Waals surface area contributed by atoms with Gasteiger partial charge >= 0.3 is 0 Å². The number of Topliss-reactive ketones (excluding diaryl/α,β-unsaturated/α-hetero) is 1. The summed E-state index contributed by atoms with van der Waals surface area (Å²) in [6, 6.07) is 0. The molecule has 0 aromatic rings. The molecule has 178 valence electrons. The first-order valence-corrected chi connectivity index (χ1v) is 12.3. The quantitative estimate of drug-likeness (QED) is 0.626. The van der Waals surface area contributed by atoms with Crippen molar-refractivity contribution in [2.45, 2.75) is 84.8 Å². The zero-order chi connectivity index (χ0) is 23.5. The number of fused-ring (bicyclic) bond motifs is 5. The van der Waals surface area contributed by atoms with E-state index in [-0.39, 0.29) is 46.8 Å². The van der Waals surface area contributed by atoms with E-state index >= 15 is 0 Å². The minimum Gasteiger partial charge on any atom is -0.393 e. The van der Waals surface area contributed by atoms with Gasteiger partial charge in [-0.2, -0.15) is 0 Å². The second-order valence-electron chi connectivity index (χ2n) is 12.4. The van der Waals surface area contributed by atoms with Crippen LogP contribution in [-0.4, -0.2) is 46.7 Å². The van der Waals surface area contributed by atoms with Gasteiger partial charge in [0.15, 0.2) is 11.6 Å². The van der Waals surface area contributed by atoms with Gasteiger partial charge in [-0.05, 0) is 67.9 Å². The van der Waals surface area contributed by atoms with Crippen LogP contribution in [0.3, 0.4) is 0 Å². The Morgan fingerprint density at radius 1 is 1.25 bits per heavy atom. The lowest BCUT2D eigenvalue weighted by Crippen LogP contribution is -2.61. The molecule has 4 rings (SSSR count). The van der Waals surface area contributed by atoms with Gasteiger partial charge < -0.3 is 14.9 Å². The molecule has 5 heteroatoms. The van der Waals surface area contributed by atoms with E-state index in [9.17, 15) is 19.8 Å². The number of ether oxygens (including phenoxy) is 1. The Morgan fingerprint density at radius 3 is 2.66 bits per heavy atom. The second kappa shape index (κ2) is 7.89. The normalized spacial score (nSPS) is 43.3. The second-order valence-corrected chi connectivity index (χ2v) is 12.4. The van der Waals surface area contributed by atoms with Crippen molar-refractivity contribution >= 4 is 11.6 Å². The molecule has 0 aromatic heterocycles. The van der Waals surface area contributed by atoms with Crippen LogP contribution in [0.5, 0.6) is 0 Å². The molecule has 2 N–H and O–H groups in total. The van der Waals surface area contributed by atoms with Crippen molar-refractivity contribution in [1.82, 2.24) is 0 Å². The molecule has 5 nitrogen and oxygen atoms in total. The predicted octanol–water partition coefficient (Wildman–Crippen LogP) is 4.02. The Hall–Kier alpha value is -1.30. The molecule has 0 aromatic carbocycles. The summed E-state index contributed by atoms with van der Waals surface area (Å²) < 4.78 is 5.68. The number of rotatable bonds is 5. The highest BCUT2D eigenvalue weighted by molar-refractivity contribution is 6.01. The molecule has 0 heterocycles. The fourth-order valence-electron chi connectivity index (χ4n) is 7.45. The lowest BCUT2D eigenvalue weighted by Gasteiger charge is -2.59. The van der Waals surface area contributed by atoms with Crippen LogP contribution in [-0.2, 0) is 14.3 Å². The molecule has 7 atom stereocenters. The Balaban J connectivity index is 1.54. The van der Waals surface area contributed by atoms with Gasteiger partial charge in [0.25, 0.3) is 0 Å². The standard InChI is InChI=1S/C27H40O5/c1-24(2,3)12-13-32-16-22(30)27(31)11-9-20-19-7-6-17-14-18(28)8-10-25(17,4)23(19)21(29)15-26(20,27)5/h8,10,14,19-21,23,29,31H,6-7,9,11-13,15-16H2,1-5H3/t19-,20-,21-,23+,25-,26-,27-/m0/s1. The van der Waals surface area contributed by atoms with Crippen molar-refractivity contribution in [2.75, 3.05) is 13.2 Å². The monoisotopic (exact) mass is 444 g/mol. The fraction of sp³-hybridized carbons (Fsp3) is 0.778. The summed E-state index contributed by atoms with van der Waals surface area (Å²) in [6.45, 7) is 11.0. The zero-order valence-corrected chi connectivity index (χ0v) is 20.3. The molecule has 0 unspecified atom stereocenters. The minimum absolute atomic E-state index is 0.00501.